The van der Waals surface area contributed by atoms with E-state index < -0.39 is 0 Å². The molecule has 0 aromatic heterocycles. The van der Waals surface area contributed by atoms with Gasteiger partial charge in [0.05, 0.1) is 23.8 Å². The smallest absolute Gasteiger partial charge is 0.270 e. The predicted octanol–water partition coefficient (Wildman–Crippen LogP) is 5.54. The first-order chi connectivity index (χ1) is 13.0. The molecule has 7 heteroatoms. The van der Waals surface area contributed by atoms with Crippen molar-refractivity contribution in [2.45, 2.75) is 13.8 Å². The van der Waals surface area contributed by atoms with E-state index in [1.54, 1.807) is 24.3 Å². The maximum atomic E-state index is 12.9. The number of anilines is 1. The normalized spacial score (nSPS) is 15.5. The van der Waals surface area contributed by atoms with Gasteiger partial charge in [-0.2, -0.15) is 0 Å². The molecule has 0 saturated carbocycles. The van der Waals surface area contributed by atoms with Crippen LogP contribution in [0.3, 0.4) is 0 Å². The Morgan fingerprint density at radius 1 is 1.15 bits per heavy atom. The van der Waals surface area contributed by atoms with E-state index >= 15 is 0 Å². The van der Waals surface area contributed by atoms with E-state index in [9.17, 15) is 4.79 Å². The lowest BCUT2D eigenvalue weighted by Crippen LogP contribution is -2.27. The molecule has 1 aliphatic heterocycles. The molecule has 27 heavy (non-hydrogen) atoms. The summed E-state index contributed by atoms with van der Waals surface area (Å²) in [6.45, 7) is 4.92. The van der Waals surface area contributed by atoms with Crippen molar-refractivity contribution in [3.8, 4) is 11.5 Å². The Morgan fingerprint density at radius 2 is 1.93 bits per heavy atom. The third-order valence-electron chi connectivity index (χ3n) is 3.74. The van der Waals surface area contributed by atoms with Gasteiger partial charge in [0, 0.05) is 16.7 Å². The summed E-state index contributed by atoms with van der Waals surface area (Å²) < 4.78 is 11.7. The number of hydrogen-bond acceptors (Lipinski definition) is 5. The van der Waals surface area contributed by atoms with E-state index in [2.05, 4.69) is 0 Å². The largest absolute Gasteiger partial charge is 0.494 e. The van der Waals surface area contributed by atoms with Gasteiger partial charge in [-0.25, -0.2) is 0 Å². The highest BCUT2D eigenvalue weighted by atomic mass is 35.5. The Hall–Kier alpha value is -2.02. The van der Waals surface area contributed by atoms with Gasteiger partial charge in [-0.1, -0.05) is 41.6 Å². The van der Waals surface area contributed by atoms with Crippen LogP contribution in [0.1, 0.15) is 19.4 Å². The molecule has 0 unspecified atom stereocenters. The number of carbonyl (C=O) groups excluding carboxylic acids is 1. The van der Waals surface area contributed by atoms with Crippen molar-refractivity contribution in [1.82, 2.24) is 0 Å². The standard InChI is InChI=1S/C20H18ClNO3S2/c1-3-24-16-9-8-13(17(12-16)25-4-2)10-18-19(23)22(20(26)27-18)15-7-5-6-14(21)11-15/h5-12H,3-4H2,1-2H3. The summed E-state index contributed by atoms with van der Waals surface area (Å²) in [5, 5.41) is 0.552. The van der Waals surface area contributed by atoms with Crippen LogP contribution in [0.4, 0.5) is 5.69 Å². The highest BCUT2D eigenvalue weighted by molar-refractivity contribution is 8.27. The van der Waals surface area contributed by atoms with Crippen molar-refractivity contribution in [3.63, 3.8) is 0 Å². The predicted molar refractivity (Wildman–Crippen MR) is 116 cm³/mol. The minimum Gasteiger partial charge on any atom is -0.494 e. The van der Waals surface area contributed by atoms with Gasteiger partial charge in [-0.05, 0) is 50.3 Å². The molecule has 1 heterocycles. The zero-order chi connectivity index (χ0) is 19.4. The summed E-state index contributed by atoms with van der Waals surface area (Å²) in [5.41, 5.74) is 1.46. The maximum absolute atomic E-state index is 12.9. The Kier molecular flexibility index (Phi) is 6.42. The van der Waals surface area contributed by atoms with Crippen LogP contribution < -0.4 is 14.4 Å². The molecule has 0 bridgehead atoms. The van der Waals surface area contributed by atoms with Crippen LogP contribution in [-0.4, -0.2) is 23.4 Å². The maximum Gasteiger partial charge on any atom is 0.270 e. The van der Waals surface area contributed by atoms with Gasteiger partial charge < -0.3 is 9.47 Å². The van der Waals surface area contributed by atoms with E-state index in [0.29, 0.717) is 38.9 Å². The number of nitrogens with zero attached hydrogens (tertiary/aromatic N) is 1. The van der Waals surface area contributed by atoms with Gasteiger partial charge in [0.15, 0.2) is 4.32 Å². The molecule has 140 valence electrons. The van der Waals surface area contributed by atoms with Gasteiger partial charge in [0.1, 0.15) is 11.5 Å². The molecular formula is C20H18ClNO3S2. The molecule has 0 aliphatic carbocycles. The van der Waals surface area contributed by atoms with E-state index in [-0.39, 0.29) is 5.91 Å². The van der Waals surface area contributed by atoms with Gasteiger partial charge >= 0.3 is 0 Å². The lowest BCUT2D eigenvalue weighted by Gasteiger charge is -2.14. The minimum absolute atomic E-state index is 0.177. The van der Waals surface area contributed by atoms with Crippen LogP contribution in [-0.2, 0) is 4.79 Å². The number of thiocarbonyl (C=S) groups is 1. The number of ether oxygens (including phenoxy) is 2. The van der Waals surface area contributed by atoms with Crippen LogP contribution in [0.25, 0.3) is 6.08 Å². The first kappa shape index (κ1) is 19.7. The monoisotopic (exact) mass is 419 g/mol. The third kappa shape index (κ3) is 4.46. The van der Waals surface area contributed by atoms with E-state index in [0.717, 1.165) is 11.3 Å². The fourth-order valence-electron chi connectivity index (χ4n) is 2.62. The van der Waals surface area contributed by atoms with E-state index in [1.165, 1.54) is 16.7 Å². The van der Waals surface area contributed by atoms with Crippen molar-refractivity contribution < 1.29 is 14.3 Å². The zero-order valence-electron chi connectivity index (χ0n) is 14.9. The average Bonchev–Trinajstić information content (AvgIpc) is 2.91. The molecule has 3 rings (SSSR count). The molecule has 4 nitrogen and oxygen atoms in total. The van der Waals surface area contributed by atoms with Crippen molar-refractivity contribution in [1.29, 1.82) is 0 Å². The molecule has 0 spiro atoms. The van der Waals surface area contributed by atoms with E-state index in [1.807, 2.05) is 38.1 Å². The molecular weight excluding hydrogens is 402 g/mol. The number of hydrogen-bond donors (Lipinski definition) is 0. The lowest BCUT2D eigenvalue weighted by molar-refractivity contribution is -0.113. The van der Waals surface area contributed by atoms with Crippen LogP contribution >= 0.6 is 35.6 Å². The Labute approximate surface area is 173 Å². The lowest BCUT2D eigenvalue weighted by atomic mass is 10.1. The van der Waals surface area contributed by atoms with Crippen LogP contribution in [0.2, 0.25) is 5.02 Å². The van der Waals surface area contributed by atoms with Crippen LogP contribution in [0.5, 0.6) is 11.5 Å². The topological polar surface area (TPSA) is 38.8 Å². The van der Waals surface area contributed by atoms with Gasteiger partial charge in [-0.3, -0.25) is 9.69 Å². The van der Waals surface area contributed by atoms with Gasteiger partial charge in [-0.15, -0.1) is 0 Å². The second kappa shape index (κ2) is 8.78. The van der Waals surface area contributed by atoms with Crippen molar-refractivity contribution in [2.75, 3.05) is 18.1 Å². The highest BCUT2D eigenvalue weighted by Crippen LogP contribution is 2.38. The van der Waals surface area contributed by atoms with Crippen LogP contribution in [0.15, 0.2) is 47.4 Å². The van der Waals surface area contributed by atoms with E-state index in [4.69, 9.17) is 33.3 Å². The number of benzene rings is 2. The molecule has 0 N–H and O–H groups in total. The molecule has 2 aromatic carbocycles. The van der Waals surface area contributed by atoms with Crippen molar-refractivity contribution in [3.05, 3.63) is 58.0 Å². The second-order valence-corrected chi connectivity index (χ2v) is 7.67. The summed E-state index contributed by atoms with van der Waals surface area (Å²) in [6.07, 6.45) is 1.80. The number of halogens is 1. The molecule has 0 atom stereocenters. The Balaban J connectivity index is 1.93. The Bertz CT molecular complexity index is 914. The van der Waals surface area contributed by atoms with Gasteiger partial charge in [0.2, 0.25) is 0 Å². The number of carbonyl (C=O) groups is 1. The summed E-state index contributed by atoms with van der Waals surface area (Å²) in [7, 11) is 0. The quantitative estimate of drug-likeness (QED) is 0.453. The minimum atomic E-state index is -0.177. The number of rotatable bonds is 6. The molecule has 1 amide bonds. The summed E-state index contributed by atoms with van der Waals surface area (Å²) in [4.78, 5) is 14.9. The molecule has 1 saturated heterocycles. The fraction of sp³-hybridized carbons (Fsp3) is 0.200. The van der Waals surface area contributed by atoms with Crippen LogP contribution in [0, 0.1) is 0 Å². The fourth-order valence-corrected chi connectivity index (χ4v) is 4.09. The summed E-state index contributed by atoms with van der Waals surface area (Å²) in [6, 6.07) is 12.6. The first-order valence-electron chi connectivity index (χ1n) is 8.46. The van der Waals surface area contributed by atoms with Crippen molar-refractivity contribution in [2.24, 2.45) is 0 Å². The van der Waals surface area contributed by atoms with Gasteiger partial charge in [0.25, 0.3) is 5.91 Å². The van der Waals surface area contributed by atoms with Crippen molar-refractivity contribution >= 4 is 57.6 Å². The molecule has 1 aliphatic rings. The summed E-state index contributed by atoms with van der Waals surface area (Å²) in [5.74, 6) is 1.21. The number of thioether (sulfide) groups is 1. The second-order valence-electron chi connectivity index (χ2n) is 5.56. The highest BCUT2D eigenvalue weighted by Gasteiger charge is 2.33. The third-order valence-corrected chi connectivity index (χ3v) is 5.28. The first-order valence-corrected chi connectivity index (χ1v) is 10.1. The molecule has 1 fully saturated rings. The Morgan fingerprint density at radius 3 is 2.63 bits per heavy atom. The molecule has 2 aromatic rings. The number of amides is 1. The molecule has 0 radical (unpaired) electrons. The average molecular weight is 420 g/mol. The zero-order valence-corrected chi connectivity index (χ0v) is 17.3. The summed E-state index contributed by atoms with van der Waals surface area (Å²) >= 11 is 12.7. The SMILES string of the molecule is CCOc1ccc(C=C2SC(=S)N(c3cccc(Cl)c3)C2=O)c(OCC)c1.